The zero-order valence-corrected chi connectivity index (χ0v) is 20.4. The van der Waals surface area contributed by atoms with E-state index in [2.05, 4.69) is 0 Å². The number of aliphatic hydroxyl groups is 2. The zero-order valence-electron chi connectivity index (χ0n) is 20.4. The maximum absolute atomic E-state index is 11.2. The van der Waals surface area contributed by atoms with E-state index in [1.165, 1.54) is 0 Å². The molecule has 1 aliphatic rings. The van der Waals surface area contributed by atoms with Crippen molar-refractivity contribution in [2.75, 3.05) is 0 Å². The molecule has 36 heavy (non-hydrogen) atoms. The van der Waals surface area contributed by atoms with Crippen molar-refractivity contribution in [2.45, 2.75) is 63.4 Å². The third kappa shape index (κ3) is 6.81. The second-order valence-electron chi connectivity index (χ2n) is 8.83. The monoisotopic (exact) mass is 490 g/mol. The number of rotatable bonds is 11. The van der Waals surface area contributed by atoms with Crippen molar-refractivity contribution in [1.29, 1.82) is 0 Å². The normalized spacial score (nSPS) is 26.2. The maximum Gasteiger partial charge on any atom is 0.155 e. The van der Waals surface area contributed by atoms with Crippen LogP contribution >= 0.6 is 0 Å². The van der Waals surface area contributed by atoms with Gasteiger partial charge in [-0.15, -0.1) is 0 Å². The van der Waals surface area contributed by atoms with E-state index < -0.39 is 36.6 Å². The molecule has 0 aromatic heterocycles. The fraction of sp³-hybridized carbons (Fsp3) is 0.333. The number of hydrogen-bond donors (Lipinski definition) is 2. The van der Waals surface area contributed by atoms with E-state index in [0.717, 1.165) is 16.7 Å². The van der Waals surface area contributed by atoms with Gasteiger partial charge in [-0.1, -0.05) is 97.1 Å². The van der Waals surface area contributed by atoms with Crippen molar-refractivity contribution in [2.24, 2.45) is 0 Å². The van der Waals surface area contributed by atoms with E-state index in [4.69, 9.17) is 18.9 Å². The molecule has 1 saturated carbocycles. The lowest BCUT2D eigenvalue weighted by Gasteiger charge is -2.46. The van der Waals surface area contributed by atoms with Gasteiger partial charge in [-0.3, -0.25) is 0 Å². The topological polar surface area (TPSA) is 77.4 Å². The number of ether oxygens (including phenoxy) is 4. The summed E-state index contributed by atoms with van der Waals surface area (Å²) in [6.45, 7) is 2.65. The molecule has 190 valence electrons. The minimum atomic E-state index is -1.24. The number of allylic oxidation sites excluding steroid dienone is 1. The van der Waals surface area contributed by atoms with Gasteiger partial charge in [0.1, 0.15) is 30.5 Å². The van der Waals surface area contributed by atoms with Crippen LogP contribution in [0, 0.1) is 0 Å². The molecule has 0 spiro atoms. The van der Waals surface area contributed by atoms with Crippen LogP contribution in [0.4, 0.5) is 0 Å². The summed E-state index contributed by atoms with van der Waals surface area (Å²) < 4.78 is 24.7. The molecule has 0 radical (unpaired) electrons. The minimum absolute atomic E-state index is 0.256. The first-order valence-electron chi connectivity index (χ1n) is 12.3. The highest BCUT2D eigenvalue weighted by Crippen LogP contribution is 2.32. The Balaban J connectivity index is 1.58. The van der Waals surface area contributed by atoms with Crippen LogP contribution in [0.5, 0.6) is 0 Å². The van der Waals surface area contributed by atoms with Crippen molar-refractivity contribution >= 4 is 0 Å². The predicted octanol–water partition coefficient (Wildman–Crippen LogP) is 4.40. The first kappa shape index (κ1) is 26.1. The molecular weight excluding hydrogens is 456 g/mol. The van der Waals surface area contributed by atoms with Crippen molar-refractivity contribution in [3.8, 4) is 0 Å². The summed E-state index contributed by atoms with van der Waals surface area (Å²) in [7, 11) is 0. The molecule has 3 aromatic carbocycles. The minimum Gasteiger partial charge on any atom is -0.493 e. The fourth-order valence-electron chi connectivity index (χ4n) is 4.35. The van der Waals surface area contributed by atoms with Gasteiger partial charge in [0.25, 0.3) is 0 Å². The van der Waals surface area contributed by atoms with Gasteiger partial charge < -0.3 is 29.2 Å². The molecule has 1 aliphatic carbocycles. The van der Waals surface area contributed by atoms with Gasteiger partial charge in [0.2, 0.25) is 0 Å². The molecule has 3 aromatic rings. The molecule has 1 fully saturated rings. The van der Waals surface area contributed by atoms with E-state index in [1.54, 1.807) is 12.3 Å². The van der Waals surface area contributed by atoms with Gasteiger partial charge >= 0.3 is 0 Å². The predicted molar refractivity (Wildman–Crippen MR) is 137 cm³/mol. The fourth-order valence-corrected chi connectivity index (χ4v) is 4.35. The van der Waals surface area contributed by atoms with Gasteiger partial charge in [0.15, 0.2) is 6.10 Å². The Labute approximate surface area is 212 Å². The van der Waals surface area contributed by atoms with Gasteiger partial charge in [0, 0.05) is 0 Å². The molecule has 6 atom stereocenters. The highest BCUT2D eigenvalue weighted by molar-refractivity contribution is 5.16. The van der Waals surface area contributed by atoms with Gasteiger partial charge in [-0.2, -0.15) is 0 Å². The first-order valence-corrected chi connectivity index (χ1v) is 12.3. The van der Waals surface area contributed by atoms with Crippen LogP contribution in [0.25, 0.3) is 0 Å². The first-order chi connectivity index (χ1) is 17.7. The molecule has 4 rings (SSSR count). The van der Waals surface area contributed by atoms with E-state index >= 15 is 0 Å². The Morgan fingerprint density at radius 2 is 0.917 bits per heavy atom. The molecular formula is C30H34O6. The average Bonchev–Trinajstić information content (AvgIpc) is 2.93. The lowest BCUT2D eigenvalue weighted by atomic mass is 9.84. The smallest absolute Gasteiger partial charge is 0.155 e. The SMILES string of the molecule is C/C=C/O[C@@H]1[C@H](OCc2ccccc2)[C@H](OCc2ccccc2)[C@@H](O)[C@H](O)[C@H]1OCc1ccccc1. The van der Waals surface area contributed by atoms with Crippen molar-refractivity contribution < 1.29 is 29.2 Å². The third-order valence-corrected chi connectivity index (χ3v) is 6.22. The lowest BCUT2D eigenvalue weighted by Crippen LogP contribution is -2.66. The summed E-state index contributed by atoms with van der Waals surface area (Å²) in [5.41, 5.74) is 2.88. The quantitative estimate of drug-likeness (QED) is 0.388. The Bertz CT molecular complexity index is 1040. The van der Waals surface area contributed by atoms with Crippen molar-refractivity contribution in [1.82, 2.24) is 0 Å². The molecule has 6 nitrogen and oxygen atoms in total. The molecule has 0 bridgehead atoms. The number of benzene rings is 3. The molecule has 0 heterocycles. The molecule has 6 heteroatoms. The second-order valence-corrected chi connectivity index (χ2v) is 8.83. The van der Waals surface area contributed by atoms with Crippen LogP contribution in [0.1, 0.15) is 23.6 Å². The summed E-state index contributed by atoms with van der Waals surface area (Å²) in [5.74, 6) is 0. The van der Waals surface area contributed by atoms with Crippen LogP contribution < -0.4 is 0 Å². The van der Waals surface area contributed by atoms with E-state index in [-0.39, 0.29) is 13.2 Å². The summed E-state index contributed by atoms with van der Waals surface area (Å²) in [6.07, 6.45) is -2.25. The van der Waals surface area contributed by atoms with E-state index in [9.17, 15) is 10.2 Å². The summed E-state index contributed by atoms with van der Waals surface area (Å²) in [4.78, 5) is 0. The molecule has 0 unspecified atom stereocenters. The van der Waals surface area contributed by atoms with Gasteiger partial charge in [0.05, 0.1) is 26.1 Å². The molecule has 2 N–H and O–H groups in total. The van der Waals surface area contributed by atoms with Crippen LogP contribution in [0.3, 0.4) is 0 Å². The summed E-state index contributed by atoms with van der Waals surface area (Å²) in [5, 5.41) is 22.3. The van der Waals surface area contributed by atoms with Crippen molar-refractivity contribution in [3.63, 3.8) is 0 Å². The largest absolute Gasteiger partial charge is 0.493 e. The number of hydrogen-bond acceptors (Lipinski definition) is 6. The van der Waals surface area contributed by atoms with Crippen LogP contribution in [-0.2, 0) is 38.8 Å². The van der Waals surface area contributed by atoms with Gasteiger partial charge in [-0.05, 0) is 23.6 Å². The van der Waals surface area contributed by atoms with Crippen molar-refractivity contribution in [3.05, 3.63) is 120 Å². The average molecular weight is 491 g/mol. The Morgan fingerprint density at radius 3 is 1.31 bits per heavy atom. The van der Waals surface area contributed by atoms with E-state index in [1.807, 2.05) is 97.9 Å². The summed E-state index contributed by atoms with van der Waals surface area (Å²) >= 11 is 0. The summed E-state index contributed by atoms with van der Waals surface area (Å²) in [6, 6.07) is 29.2. The molecule has 0 amide bonds. The second kappa shape index (κ2) is 13.3. The third-order valence-electron chi connectivity index (χ3n) is 6.22. The zero-order chi connectivity index (χ0) is 25.2. The van der Waals surface area contributed by atoms with E-state index in [0.29, 0.717) is 6.61 Å². The van der Waals surface area contributed by atoms with Crippen LogP contribution in [-0.4, -0.2) is 46.8 Å². The number of aliphatic hydroxyl groups excluding tert-OH is 2. The molecule has 0 aliphatic heterocycles. The van der Waals surface area contributed by atoms with Crippen LogP contribution in [0.15, 0.2) is 103 Å². The van der Waals surface area contributed by atoms with Gasteiger partial charge in [-0.25, -0.2) is 0 Å². The Morgan fingerprint density at radius 1 is 0.556 bits per heavy atom. The highest BCUT2D eigenvalue weighted by atomic mass is 16.6. The highest BCUT2D eigenvalue weighted by Gasteiger charge is 2.53. The Hall–Kier alpha value is -3.00. The Kier molecular flexibility index (Phi) is 9.67. The standard InChI is InChI=1S/C30H34O6/c1-2-18-33-29-27(34-19-22-12-6-3-7-13-22)25(31)26(32)28(35-20-23-14-8-4-9-15-23)30(29)36-21-24-16-10-5-11-17-24/h2-18,25-32H,19-21H2,1H3/b18-2+/t25-,26-,27+,28+,29-,30+/m0/s1. The molecule has 0 saturated heterocycles. The maximum atomic E-state index is 11.2. The lowest BCUT2D eigenvalue weighted by molar-refractivity contribution is -0.263. The van der Waals surface area contributed by atoms with Crippen LogP contribution in [0.2, 0.25) is 0 Å².